The van der Waals surface area contributed by atoms with Gasteiger partial charge in [0, 0.05) is 11.2 Å². The van der Waals surface area contributed by atoms with Crippen LogP contribution < -0.4 is 10.1 Å². The Labute approximate surface area is 131 Å². The molecule has 0 aliphatic heterocycles. The maximum absolute atomic E-state index is 6.27. The van der Waals surface area contributed by atoms with Crippen molar-refractivity contribution in [2.24, 2.45) is 0 Å². The van der Waals surface area contributed by atoms with Crippen LogP contribution in [-0.4, -0.2) is 18.6 Å². The first kappa shape index (κ1) is 15.8. The fourth-order valence-corrected chi connectivity index (χ4v) is 2.55. The summed E-state index contributed by atoms with van der Waals surface area (Å²) in [5.41, 5.74) is 3.09. The van der Waals surface area contributed by atoms with Crippen LogP contribution in [0.15, 0.2) is 36.5 Å². The molecule has 21 heavy (non-hydrogen) atoms. The Bertz CT molecular complexity index is 601. The van der Waals surface area contributed by atoms with E-state index in [0.717, 1.165) is 40.6 Å². The molecule has 0 amide bonds. The van der Waals surface area contributed by atoms with Crippen LogP contribution in [0.25, 0.3) is 0 Å². The second kappa shape index (κ2) is 7.43. The molecular formula is C17H21ClN2O. The Morgan fingerprint density at radius 3 is 2.81 bits per heavy atom. The molecule has 2 aromatic rings. The molecule has 1 N–H and O–H groups in total. The van der Waals surface area contributed by atoms with Crippen molar-refractivity contribution in [2.45, 2.75) is 26.3 Å². The average Bonchev–Trinajstić information content (AvgIpc) is 2.52. The highest BCUT2D eigenvalue weighted by atomic mass is 35.5. The second-order valence-electron chi connectivity index (χ2n) is 4.93. The fourth-order valence-electron chi connectivity index (χ4n) is 2.37. The number of halogens is 1. The number of hydrogen-bond acceptors (Lipinski definition) is 3. The van der Waals surface area contributed by atoms with E-state index in [1.54, 1.807) is 13.3 Å². The van der Waals surface area contributed by atoms with E-state index in [-0.39, 0.29) is 6.04 Å². The smallest absolute Gasteiger partial charge is 0.142 e. The molecule has 0 aliphatic carbocycles. The Hall–Kier alpha value is -1.58. The largest absolute Gasteiger partial charge is 0.495 e. The molecule has 1 heterocycles. The van der Waals surface area contributed by atoms with E-state index in [4.69, 9.17) is 16.3 Å². The molecule has 0 saturated carbocycles. The van der Waals surface area contributed by atoms with Crippen LogP contribution in [0.3, 0.4) is 0 Å². The molecule has 0 spiro atoms. The number of methoxy groups -OCH3 is 1. The quantitative estimate of drug-likeness (QED) is 0.871. The summed E-state index contributed by atoms with van der Waals surface area (Å²) < 4.78 is 5.46. The zero-order valence-electron chi connectivity index (χ0n) is 12.7. The molecule has 1 unspecified atom stereocenters. The Morgan fingerprint density at radius 2 is 2.10 bits per heavy atom. The minimum atomic E-state index is -0.0280. The highest BCUT2D eigenvalue weighted by Gasteiger charge is 2.21. The lowest BCUT2D eigenvalue weighted by molar-refractivity contribution is 0.399. The number of hydrogen-bond donors (Lipinski definition) is 1. The number of benzene rings is 1. The summed E-state index contributed by atoms with van der Waals surface area (Å²) in [7, 11) is 1.67. The van der Waals surface area contributed by atoms with Gasteiger partial charge in [0.25, 0.3) is 0 Å². The van der Waals surface area contributed by atoms with E-state index >= 15 is 0 Å². The van der Waals surface area contributed by atoms with E-state index in [1.165, 1.54) is 0 Å². The maximum Gasteiger partial charge on any atom is 0.142 e. The summed E-state index contributed by atoms with van der Waals surface area (Å²) in [6.07, 6.45) is 2.84. The van der Waals surface area contributed by atoms with Crippen LogP contribution in [-0.2, 0) is 0 Å². The number of rotatable bonds is 6. The van der Waals surface area contributed by atoms with Crippen LogP contribution in [0.2, 0.25) is 5.02 Å². The summed E-state index contributed by atoms with van der Waals surface area (Å²) in [6, 6.07) is 9.75. The van der Waals surface area contributed by atoms with Gasteiger partial charge in [-0.1, -0.05) is 30.7 Å². The summed E-state index contributed by atoms with van der Waals surface area (Å²) >= 11 is 6.27. The van der Waals surface area contributed by atoms with Gasteiger partial charge in [0.05, 0.1) is 13.2 Å². The lowest BCUT2D eigenvalue weighted by Crippen LogP contribution is -2.25. The van der Waals surface area contributed by atoms with Crippen LogP contribution in [0.1, 0.15) is 36.2 Å². The fraction of sp³-hybridized carbons (Fsp3) is 0.353. The Morgan fingerprint density at radius 1 is 1.29 bits per heavy atom. The molecule has 0 aliphatic rings. The molecule has 0 saturated heterocycles. The molecule has 1 aromatic heterocycles. The van der Waals surface area contributed by atoms with Crippen LogP contribution >= 0.6 is 11.6 Å². The predicted octanol–water partition coefficient (Wildman–Crippen LogP) is 4.14. The molecule has 0 radical (unpaired) electrons. The van der Waals surface area contributed by atoms with Crippen LogP contribution in [0.4, 0.5) is 0 Å². The lowest BCUT2D eigenvalue weighted by atomic mass is 9.97. The van der Waals surface area contributed by atoms with Gasteiger partial charge in [-0.3, -0.25) is 4.98 Å². The topological polar surface area (TPSA) is 34.2 Å². The Balaban J connectivity index is 2.50. The van der Waals surface area contributed by atoms with Gasteiger partial charge in [-0.05, 0) is 49.2 Å². The molecule has 3 nitrogen and oxygen atoms in total. The van der Waals surface area contributed by atoms with E-state index in [9.17, 15) is 0 Å². The Kier molecular flexibility index (Phi) is 5.59. The molecule has 1 atom stereocenters. The van der Waals surface area contributed by atoms with E-state index in [1.807, 2.05) is 31.2 Å². The predicted molar refractivity (Wildman–Crippen MR) is 87.1 cm³/mol. The molecule has 1 aromatic carbocycles. The van der Waals surface area contributed by atoms with Crippen molar-refractivity contribution < 1.29 is 4.74 Å². The summed E-state index contributed by atoms with van der Waals surface area (Å²) in [6.45, 7) is 5.08. The lowest BCUT2D eigenvalue weighted by Gasteiger charge is -2.22. The van der Waals surface area contributed by atoms with Gasteiger partial charge in [-0.2, -0.15) is 0 Å². The summed E-state index contributed by atoms with van der Waals surface area (Å²) in [5, 5.41) is 4.31. The minimum Gasteiger partial charge on any atom is -0.495 e. The van der Waals surface area contributed by atoms with Gasteiger partial charge in [-0.25, -0.2) is 0 Å². The molecule has 112 valence electrons. The molecular weight excluding hydrogens is 284 g/mol. The van der Waals surface area contributed by atoms with Crippen molar-refractivity contribution in [3.8, 4) is 5.75 Å². The molecule has 2 rings (SSSR count). The van der Waals surface area contributed by atoms with Gasteiger partial charge < -0.3 is 10.1 Å². The average molecular weight is 305 g/mol. The van der Waals surface area contributed by atoms with Crippen molar-refractivity contribution in [1.29, 1.82) is 0 Å². The SMILES string of the molecule is CCCNC(c1cccc(Cl)c1C)c1ncccc1OC. The molecule has 0 bridgehead atoms. The summed E-state index contributed by atoms with van der Waals surface area (Å²) in [4.78, 5) is 4.52. The monoisotopic (exact) mass is 304 g/mol. The standard InChI is InChI=1S/C17H21ClN2O/c1-4-10-19-16(13-7-5-8-14(18)12(13)2)17-15(21-3)9-6-11-20-17/h5-9,11,16,19H,4,10H2,1-3H3. The van der Waals surface area contributed by atoms with Crippen molar-refractivity contribution in [1.82, 2.24) is 10.3 Å². The van der Waals surface area contributed by atoms with Crippen molar-refractivity contribution in [2.75, 3.05) is 13.7 Å². The molecule has 4 heteroatoms. The van der Waals surface area contributed by atoms with Gasteiger partial charge in [-0.15, -0.1) is 0 Å². The zero-order valence-corrected chi connectivity index (χ0v) is 13.4. The van der Waals surface area contributed by atoms with Gasteiger partial charge in [0.15, 0.2) is 0 Å². The highest BCUT2D eigenvalue weighted by molar-refractivity contribution is 6.31. The summed E-state index contributed by atoms with van der Waals surface area (Å²) in [5.74, 6) is 0.783. The van der Waals surface area contributed by atoms with E-state index < -0.39 is 0 Å². The van der Waals surface area contributed by atoms with Crippen LogP contribution in [0.5, 0.6) is 5.75 Å². The highest BCUT2D eigenvalue weighted by Crippen LogP contribution is 2.32. The second-order valence-corrected chi connectivity index (χ2v) is 5.34. The van der Waals surface area contributed by atoms with Gasteiger partial charge in [0.2, 0.25) is 0 Å². The number of ether oxygens (including phenoxy) is 1. The number of pyridine rings is 1. The van der Waals surface area contributed by atoms with Crippen LogP contribution in [0, 0.1) is 6.92 Å². The molecule has 0 fully saturated rings. The van der Waals surface area contributed by atoms with Gasteiger partial charge >= 0.3 is 0 Å². The third-order valence-electron chi connectivity index (χ3n) is 3.51. The third-order valence-corrected chi connectivity index (χ3v) is 3.92. The zero-order chi connectivity index (χ0) is 15.2. The first-order valence-corrected chi connectivity index (χ1v) is 7.54. The number of nitrogens with one attached hydrogen (secondary N) is 1. The van der Waals surface area contributed by atoms with Crippen molar-refractivity contribution >= 4 is 11.6 Å². The third kappa shape index (κ3) is 3.55. The normalized spacial score (nSPS) is 12.2. The van der Waals surface area contributed by atoms with Crippen molar-refractivity contribution in [3.63, 3.8) is 0 Å². The minimum absolute atomic E-state index is 0.0280. The maximum atomic E-state index is 6.27. The first-order valence-electron chi connectivity index (χ1n) is 7.16. The van der Waals surface area contributed by atoms with Gasteiger partial charge in [0.1, 0.15) is 11.4 Å². The first-order chi connectivity index (χ1) is 10.2. The number of aromatic nitrogens is 1. The number of nitrogens with zero attached hydrogens (tertiary/aromatic N) is 1. The van der Waals surface area contributed by atoms with Crippen molar-refractivity contribution in [3.05, 3.63) is 58.4 Å². The van der Waals surface area contributed by atoms with E-state index in [2.05, 4.69) is 23.3 Å². The van der Waals surface area contributed by atoms with E-state index in [0.29, 0.717) is 0 Å².